The Kier molecular flexibility index (Phi) is 4.74. The van der Waals surface area contributed by atoms with E-state index in [1.54, 1.807) is 19.1 Å². The van der Waals surface area contributed by atoms with Gasteiger partial charge in [-0.25, -0.2) is 17.5 Å². The minimum Gasteiger partial charge on any atom is -0.460 e. The Hall–Kier alpha value is -2.42. The van der Waals surface area contributed by atoms with Crippen molar-refractivity contribution in [3.63, 3.8) is 0 Å². The van der Waals surface area contributed by atoms with Crippen LogP contribution in [0.15, 0.2) is 45.7 Å². The van der Waals surface area contributed by atoms with E-state index in [2.05, 4.69) is 10.0 Å². The van der Waals surface area contributed by atoms with Gasteiger partial charge in [-0.1, -0.05) is 11.6 Å². The molecule has 1 amide bonds. The molecule has 0 aliphatic heterocycles. The second-order valence-electron chi connectivity index (χ2n) is 5.54. The van der Waals surface area contributed by atoms with E-state index >= 15 is 0 Å². The van der Waals surface area contributed by atoms with Crippen molar-refractivity contribution in [3.05, 3.63) is 58.6 Å². The largest absolute Gasteiger partial charge is 0.460 e. The average molecular weight is 397 g/mol. The van der Waals surface area contributed by atoms with Gasteiger partial charge in [-0.2, -0.15) is 0 Å². The number of nitrogens with one attached hydrogen (secondary N) is 2. The van der Waals surface area contributed by atoms with Crippen LogP contribution in [0.2, 0.25) is 5.02 Å². The minimum absolute atomic E-state index is 0.217. The second kappa shape index (κ2) is 6.71. The first-order chi connectivity index (χ1) is 12.2. The highest BCUT2D eigenvalue weighted by Crippen LogP contribution is 2.30. The minimum atomic E-state index is -3.81. The molecule has 0 bridgehead atoms. The number of benzene rings is 2. The molecule has 2 aromatic carbocycles. The summed E-state index contributed by atoms with van der Waals surface area (Å²) < 4.78 is 45.3. The van der Waals surface area contributed by atoms with E-state index in [0.717, 1.165) is 18.2 Å². The third-order valence-electron chi connectivity index (χ3n) is 3.71. The number of hydrogen-bond donors (Lipinski definition) is 2. The molecular formula is C17H14ClFN2O4S. The zero-order valence-electron chi connectivity index (χ0n) is 13.8. The van der Waals surface area contributed by atoms with Gasteiger partial charge in [-0.15, -0.1) is 0 Å². The van der Waals surface area contributed by atoms with Gasteiger partial charge in [-0.3, -0.25) is 4.79 Å². The lowest BCUT2D eigenvalue weighted by molar-refractivity contribution is 0.102. The Bertz CT molecular complexity index is 1130. The molecule has 0 aliphatic carbocycles. The lowest BCUT2D eigenvalue weighted by Crippen LogP contribution is -2.20. The Morgan fingerprint density at radius 1 is 1.19 bits per heavy atom. The van der Waals surface area contributed by atoms with Crippen molar-refractivity contribution in [2.45, 2.75) is 11.8 Å². The summed E-state index contributed by atoms with van der Waals surface area (Å²) >= 11 is 6.13. The summed E-state index contributed by atoms with van der Waals surface area (Å²) in [5, 5.41) is 3.49. The predicted octanol–water partition coefficient (Wildman–Crippen LogP) is 3.69. The Morgan fingerprint density at radius 2 is 1.92 bits per heavy atom. The van der Waals surface area contributed by atoms with E-state index in [1.807, 2.05) is 0 Å². The number of amides is 1. The van der Waals surface area contributed by atoms with Crippen LogP contribution in [0.25, 0.3) is 11.0 Å². The molecule has 26 heavy (non-hydrogen) atoms. The standard InChI is InChI=1S/C17H14ClFN2O4S/c1-9-5-10-6-11(7-14(18)16(10)25-9)21-17(22)13-8-12(3-4-15(13)19)26(23,24)20-2/h3-8,20H,1-2H3,(H,21,22). The van der Waals surface area contributed by atoms with E-state index < -0.39 is 27.3 Å². The number of sulfonamides is 1. The van der Waals surface area contributed by atoms with Crippen LogP contribution >= 0.6 is 11.6 Å². The maximum Gasteiger partial charge on any atom is 0.258 e. The topological polar surface area (TPSA) is 88.4 Å². The first-order valence-corrected chi connectivity index (χ1v) is 9.31. The third kappa shape index (κ3) is 3.44. The van der Waals surface area contributed by atoms with Crippen molar-refractivity contribution in [1.82, 2.24) is 4.72 Å². The lowest BCUT2D eigenvalue weighted by atomic mass is 10.2. The lowest BCUT2D eigenvalue weighted by Gasteiger charge is -2.09. The molecule has 0 radical (unpaired) electrons. The summed E-state index contributed by atoms with van der Waals surface area (Å²) in [6.07, 6.45) is 0. The van der Waals surface area contributed by atoms with Gasteiger partial charge in [0.15, 0.2) is 5.58 Å². The summed E-state index contributed by atoms with van der Waals surface area (Å²) in [6, 6.07) is 7.82. The summed E-state index contributed by atoms with van der Waals surface area (Å²) in [5.74, 6) is -0.989. The molecule has 3 aromatic rings. The maximum absolute atomic E-state index is 14.0. The molecule has 136 valence electrons. The summed E-state index contributed by atoms with van der Waals surface area (Å²) in [7, 11) is -2.58. The van der Waals surface area contributed by atoms with E-state index in [0.29, 0.717) is 22.4 Å². The van der Waals surface area contributed by atoms with E-state index in [9.17, 15) is 17.6 Å². The van der Waals surface area contributed by atoms with Gasteiger partial charge < -0.3 is 9.73 Å². The van der Waals surface area contributed by atoms with Crippen LogP contribution in [-0.4, -0.2) is 21.4 Å². The fourth-order valence-electron chi connectivity index (χ4n) is 2.47. The average Bonchev–Trinajstić information content (AvgIpc) is 2.96. The quantitative estimate of drug-likeness (QED) is 0.703. The molecule has 6 nitrogen and oxygen atoms in total. The molecule has 3 rings (SSSR count). The fraction of sp³-hybridized carbons (Fsp3) is 0.118. The Labute approximate surface area is 154 Å². The highest BCUT2D eigenvalue weighted by Gasteiger charge is 2.19. The molecule has 0 aliphatic rings. The van der Waals surface area contributed by atoms with Gasteiger partial charge in [0, 0.05) is 11.1 Å². The smallest absolute Gasteiger partial charge is 0.258 e. The van der Waals surface area contributed by atoms with Gasteiger partial charge in [-0.05, 0) is 50.4 Å². The van der Waals surface area contributed by atoms with Crippen molar-refractivity contribution in [1.29, 1.82) is 0 Å². The second-order valence-corrected chi connectivity index (χ2v) is 7.83. The number of aryl methyl sites for hydroxylation is 1. The summed E-state index contributed by atoms with van der Waals surface area (Å²) in [5.41, 5.74) is 0.408. The molecule has 1 aromatic heterocycles. The van der Waals surface area contributed by atoms with E-state index in [4.69, 9.17) is 16.0 Å². The van der Waals surface area contributed by atoms with Crippen molar-refractivity contribution >= 4 is 44.2 Å². The number of anilines is 1. The molecule has 0 unspecified atom stereocenters. The molecule has 0 fully saturated rings. The summed E-state index contributed by atoms with van der Waals surface area (Å²) in [4.78, 5) is 12.2. The van der Waals surface area contributed by atoms with Crippen LogP contribution in [0.1, 0.15) is 16.1 Å². The first kappa shape index (κ1) is 18.4. The number of rotatable bonds is 4. The molecule has 0 atom stereocenters. The van der Waals surface area contributed by atoms with Crippen LogP contribution in [0.5, 0.6) is 0 Å². The van der Waals surface area contributed by atoms with E-state index in [-0.39, 0.29) is 9.92 Å². The van der Waals surface area contributed by atoms with Crippen molar-refractivity contribution in [2.24, 2.45) is 0 Å². The van der Waals surface area contributed by atoms with Gasteiger partial charge in [0.25, 0.3) is 5.91 Å². The molecule has 0 spiro atoms. The SMILES string of the molecule is CNS(=O)(=O)c1ccc(F)c(C(=O)Nc2cc(Cl)c3oc(C)cc3c2)c1. The van der Waals surface area contributed by atoms with Crippen LogP contribution in [0.3, 0.4) is 0 Å². The monoisotopic (exact) mass is 396 g/mol. The zero-order chi connectivity index (χ0) is 19.1. The molecule has 1 heterocycles. The van der Waals surface area contributed by atoms with Crippen molar-refractivity contribution in [3.8, 4) is 0 Å². The van der Waals surface area contributed by atoms with Gasteiger partial charge in [0.1, 0.15) is 11.6 Å². The molecule has 0 saturated heterocycles. The van der Waals surface area contributed by atoms with E-state index in [1.165, 1.54) is 13.1 Å². The number of hydrogen-bond acceptors (Lipinski definition) is 4. The van der Waals surface area contributed by atoms with Gasteiger partial charge in [0.05, 0.1) is 15.5 Å². The molecule has 9 heteroatoms. The first-order valence-electron chi connectivity index (χ1n) is 7.45. The summed E-state index contributed by atoms with van der Waals surface area (Å²) in [6.45, 7) is 1.76. The number of fused-ring (bicyclic) bond motifs is 1. The van der Waals surface area contributed by atoms with Gasteiger partial charge in [0.2, 0.25) is 10.0 Å². The van der Waals surface area contributed by atoms with Crippen LogP contribution < -0.4 is 10.0 Å². The number of carbonyl (C=O) groups excluding carboxylic acids is 1. The van der Waals surface area contributed by atoms with Crippen LogP contribution in [0, 0.1) is 12.7 Å². The predicted molar refractivity (Wildman–Crippen MR) is 96.6 cm³/mol. The Morgan fingerprint density at radius 3 is 2.62 bits per heavy atom. The molecular weight excluding hydrogens is 383 g/mol. The van der Waals surface area contributed by atoms with Crippen LogP contribution in [-0.2, 0) is 10.0 Å². The highest BCUT2D eigenvalue weighted by molar-refractivity contribution is 7.89. The normalized spacial score (nSPS) is 11.7. The van der Waals surface area contributed by atoms with Gasteiger partial charge >= 0.3 is 0 Å². The maximum atomic E-state index is 14.0. The van der Waals surface area contributed by atoms with Crippen molar-refractivity contribution in [2.75, 3.05) is 12.4 Å². The molecule has 0 saturated carbocycles. The van der Waals surface area contributed by atoms with Crippen LogP contribution in [0.4, 0.5) is 10.1 Å². The number of furan rings is 1. The Balaban J connectivity index is 1.97. The van der Waals surface area contributed by atoms with Crippen molar-refractivity contribution < 1.29 is 22.0 Å². The number of halogens is 2. The third-order valence-corrected chi connectivity index (χ3v) is 5.41. The highest BCUT2D eigenvalue weighted by atomic mass is 35.5. The fourth-order valence-corrected chi connectivity index (χ4v) is 3.49. The zero-order valence-corrected chi connectivity index (χ0v) is 15.3. The molecule has 2 N–H and O–H groups in total. The number of carbonyl (C=O) groups is 1.